The van der Waals surface area contributed by atoms with E-state index < -0.39 is 16.8 Å². The Morgan fingerprint density at radius 3 is 2.39 bits per heavy atom. The first kappa shape index (κ1) is 26.2. The van der Waals surface area contributed by atoms with Crippen LogP contribution in [0.3, 0.4) is 0 Å². The molecule has 1 aromatic heterocycles. The van der Waals surface area contributed by atoms with Gasteiger partial charge in [-0.25, -0.2) is 0 Å². The maximum atomic E-state index is 13.1. The predicted molar refractivity (Wildman–Crippen MR) is 132 cm³/mol. The van der Waals surface area contributed by atoms with Gasteiger partial charge in [0.25, 0.3) is 0 Å². The molecule has 0 bridgehead atoms. The number of hydrogen-bond acceptors (Lipinski definition) is 5. The number of carbonyl (C=O) groups excluding carboxylic acids is 1. The van der Waals surface area contributed by atoms with E-state index in [1.807, 2.05) is 12.1 Å². The van der Waals surface area contributed by atoms with Crippen LogP contribution in [0.25, 0.3) is 11.4 Å². The van der Waals surface area contributed by atoms with E-state index in [9.17, 15) is 18.0 Å². The van der Waals surface area contributed by atoms with Crippen molar-refractivity contribution in [2.45, 2.75) is 51.7 Å². The summed E-state index contributed by atoms with van der Waals surface area (Å²) in [5.41, 5.74) is 1.27. The van der Waals surface area contributed by atoms with Gasteiger partial charge in [-0.2, -0.15) is 18.2 Å². The normalized spacial score (nSPS) is 15.8. The quantitative estimate of drug-likeness (QED) is 0.412. The average Bonchev–Trinajstić information content (AvgIpc) is 3.28. The van der Waals surface area contributed by atoms with Crippen molar-refractivity contribution in [3.63, 3.8) is 0 Å². The van der Waals surface area contributed by atoms with Crippen molar-refractivity contribution in [3.05, 3.63) is 64.5 Å². The third kappa shape index (κ3) is 6.25. The zero-order valence-corrected chi connectivity index (χ0v) is 21.1. The summed E-state index contributed by atoms with van der Waals surface area (Å²) in [4.78, 5) is 19.3. The Balaban J connectivity index is 1.30. The summed E-state index contributed by atoms with van der Waals surface area (Å²) < 4.78 is 44.7. The van der Waals surface area contributed by atoms with Crippen LogP contribution >= 0.6 is 11.6 Å². The van der Waals surface area contributed by atoms with Crippen molar-refractivity contribution in [2.24, 2.45) is 5.92 Å². The number of halogens is 4. The van der Waals surface area contributed by atoms with Crippen molar-refractivity contribution in [1.82, 2.24) is 15.0 Å². The first-order chi connectivity index (χ1) is 16.9. The first-order valence-corrected chi connectivity index (χ1v) is 12.1. The number of nitrogens with zero attached hydrogens (tertiary/aromatic N) is 3. The van der Waals surface area contributed by atoms with Gasteiger partial charge in [0.05, 0.1) is 17.1 Å². The topological polar surface area (TPSA) is 71.3 Å². The molecular formula is C26H28ClF3N4O2. The Kier molecular flexibility index (Phi) is 7.43. The Labute approximate surface area is 212 Å². The maximum Gasteiger partial charge on any atom is 0.417 e. The molecule has 0 unspecified atom stereocenters. The molecule has 1 aliphatic rings. The third-order valence-corrected chi connectivity index (χ3v) is 6.66. The Hall–Kier alpha value is -2.91. The highest BCUT2D eigenvalue weighted by atomic mass is 35.5. The van der Waals surface area contributed by atoms with Gasteiger partial charge in [0.1, 0.15) is 0 Å². The highest BCUT2D eigenvalue weighted by Gasteiger charge is 2.34. The lowest BCUT2D eigenvalue weighted by molar-refractivity contribution is -0.137. The van der Waals surface area contributed by atoms with Crippen LogP contribution in [0.15, 0.2) is 47.0 Å². The van der Waals surface area contributed by atoms with Crippen molar-refractivity contribution in [2.75, 3.05) is 18.4 Å². The molecule has 1 aliphatic heterocycles. The summed E-state index contributed by atoms with van der Waals surface area (Å²) in [6.07, 6.45) is -3.45. The molecule has 1 saturated heterocycles. The van der Waals surface area contributed by atoms with Crippen molar-refractivity contribution in [1.29, 1.82) is 0 Å². The van der Waals surface area contributed by atoms with Crippen LogP contribution in [0, 0.1) is 5.92 Å². The number of nitrogens with one attached hydrogen (secondary N) is 1. The van der Waals surface area contributed by atoms with Crippen LogP contribution in [-0.2, 0) is 22.9 Å². The monoisotopic (exact) mass is 520 g/mol. The molecule has 0 saturated carbocycles. The number of benzene rings is 2. The molecule has 6 nitrogen and oxygen atoms in total. The van der Waals surface area contributed by atoms with Gasteiger partial charge in [0.2, 0.25) is 17.6 Å². The van der Waals surface area contributed by atoms with Crippen molar-refractivity contribution >= 4 is 23.2 Å². The Morgan fingerprint density at radius 2 is 1.78 bits per heavy atom. The summed E-state index contributed by atoms with van der Waals surface area (Å²) in [5, 5.41) is 6.29. The third-order valence-electron chi connectivity index (χ3n) is 6.33. The van der Waals surface area contributed by atoms with Gasteiger partial charge in [0.15, 0.2) is 0 Å². The molecular weight excluding hydrogens is 493 g/mol. The zero-order valence-electron chi connectivity index (χ0n) is 20.3. The minimum atomic E-state index is -4.59. The van der Waals surface area contributed by atoms with Crippen LogP contribution in [0.4, 0.5) is 18.9 Å². The molecule has 4 rings (SSSR count). The van der Waals surface area contributed by atoms with E-state index in [0.717, 1.165) is 17.7 Å². The highest BCUT2D eigenvalue weighted by molar-refractivity contribution is 6.31. The standard InChI is InChI=1S/C26H28ClF3N4O2/c1-25(2,3)18-6-4-16(5-7-18)23-32-22(36-33-23)15-34-12-10-17(11-13-34)24(35)31-19-8-9-21(27)20(14-19)26(28,29)30/h4-9,14,17H,10-13,15H2,1-3H3,(H,31,35). The van der Waals surface area contributed by atoms with Gasteiger partial charge < -0.3 is 9.84 Å². The van der Waals surface area contributed by atoms with E-state index in [2.05, 4.69) is 53.3 Å². The van der Waals surface area contributed by atoms with Crippen LogP contribution in [-0.4, -0.2) is 34.0 Å². The summed E-state index contributed by atoms with van der Waals surface area (Å²) >= 11 is 5.65. The molecule has 36 heavy (non-hydrogen) atoms. The molecule has 0 aliphatic carbocycles. The SMILES string of the molecule is CC(C)(C)c1ccc(-c2noc(CN3CCC(C(=O)Nc4ccc(Cl)c(C(F)(F)F)c4)CC3)n2)cc1. The summed E-state index contributed by atoms with van der Waals surface area (Å²) in [6.45, 7) is 8.19. The van der Waals surface area contributed by atoms with E-state index in [0.29, 0.717) is 44.2 Å². The molecule has 1 N–H and O–H groups in total. The van der Waals surface area contributed by atoms with E-state index in [-0.39, 0.29) is 22.9 Å². The molecule has 0 spiro atoms. The fraction of sp³-hybridized carbons (Fsp3) is 0.423. The second-order valence-electron chi connectivity index (χ2n) is 10.1. The van der Waals surface area contributed by atoms with Crippen LogP contribution in [0.5, 0.6) is 0 Å². The first-order valence-electron chi connectivity index (χ1n) is 11.7. The van der Waals surface area contributed by atoms with E-state index in [1.165, 1.54) is 11.6 Å². The largest absolute Gasteiger partial charge is 0.417 e. The number of carbonyl (C=O) groups is 1. The van der Waals surface area contributed by atoms with Gasteiger partial charge in [-0.15, -0.1) is 0 Å². The van der Waals surface area contributed by atoms with Crippen LogP contribution < -0.4 is 5.32 Å². The van der Waals surface area contributed by atoms with Gasteiger partial charge in [0, 0.05) is 17.2 Å². The van der Waals surface area contributed by atoms with Gasteiger partial charge in [-0.05, 0) is 55.1 Å². The number of piperidine rings is 1. The van der Waals surface area contributed by atoms with Crippen molar-refractivity contribution in [3.8, 4) is 11.4 Å². The number of likely N-dealkylation sites (tertiary alicyclic amines) is 1. The van der Waals surface area contributed by atoms with E-state index in [1.54, 1.807) is 0 Å². The molecule has 0 atom stereocenters. The van der Waals surface area contributed by atoms with Crippen LogP contribution in [0.2, 0.25) is 5.02 Å². The second-order valence-corrected chi connectivity index (χ2v) is 10.5. The molecule has 2 heterocycles. The smallest absolute Gasteiger partial charge is 0.338 e. The molecule has 3 aromatic rings. The lowest BCUT2D eigenvalue weighted by Gasteiger charge is -2.30. The summed E-state index contributed by atoms with van der Waals surface area (Å²) in [7, 11) is 0. The number of rotatable bonds is 5. The predicted octanol–water partition coefficient (Wildman–Crippen LogP) is 6.56. The van der Waals surface area contributed by atoms with Crippen LogP contribution in [0.1, 0.15) is 50.6 Å². The number of anilines is 1. The summed E-state index contributed by atoms with van der Waals surface area (Å²) in [6, 6.07) is 11.5. The van der Waals surface area contributed by atoms with Gasteiger partial charge in [-0.3, -0.25) is 9.69 Å². The zero-order chi connectivity index (χ0) is 26.1. The number of alkyl halides is 3. The number of hydrogen-bond donors (Lipinski definition) is 1. The molecule has 2 aromatic carbocycles. The lowest BCUT2D eigenvalue weighted by atomic mass is 9.87. The Morgan fingerprint density at radius 1 is 1.11 bits per heavy atom. The summed E-state index contributed by atoms with van der Waals surface area (Å²) in [5.74, 6) is 0.421. The molecule has 192 valence electrons. The fourth-order valence-electron chi connectivity index (χ4n) is 4.16. The fourth-order valence-corrected chi connectivity index (χ4v) is 4.39. The van der Waals surface area contributed by atoms with Gasteiger partial charge in [-0.1, -0.05) is 61.8 Å². The minimum absolute atomic E-state index is 0.0603. The second kappa shape index (κ2) is 10.2. The molecule has 0 radical (unpaired) electrons. The number of amides is 1. The molecule has 1 fully saturated rings. The van der Waals surface area contributed by atoms with E-state index in [4.69, 9.17) is 16.1 Å². The van der Waals surface area contributed by atoms with Gasteiger partial charge >= 0.3 is 6.18 Å². The lowest BCUT2D eigenvalue weighted by Crippen LogP contribution is -2.37. The van der Waals surface area contributed by atoms with E-state index >= 15 is 0 Å². The Bertz CT molecular complexity index is 1210. The van der Waals surface area contributed by atoms with Crippen molar-refractivity contribution < 1.29 is 22.5 Å². The average molecular weight is 521 g/mol. The molecule has 1 amide bonds. The number of aromatic nitrogens is 2. The maximum absolute atomic E-state index is 13.1. The molecule has 10 heteroatoms. The highest BCUT2D eigenvalue weighted by Crippen LogP contribution is 2.36. The minimum Gasteiger partial charge on any atom is -0.338 e.